The van der Waals surface area contributed by atoms with Crippen molar-refractivity contribution in [3.05, 3.63) is 35.4 Å². The Bertz CT molecular complexity index is 970. The summed E-state index contributed by atoms with van der Waals surface area (Å²) in [4.78, 5) is 55.8. The topological polar surface area (TPSA) is 104 Å². The van der Waals surface area contributed by atoms with Crippen LogP contribution in [0.25, 0.3) is 0 Å². The minimum absolute atomic E-state index is 0.0339. The van der Waals surface area contributed by atoms with Crippen molar-refractivity contribution in [3.63, 3.8) is 0 Å². The van der Waals surface area contributed by atoms with E-state index in [0.717, 1.165) is 4.90 Å². The second-order valence-electron chi connectivity index (χ2n) is 8.71. The molecule has 6 rings (SSSR count). The van der Waals surface area contributed by atoms with Crippen LogP contribution >= 0.6 is 0 Å². The van der Waals surface area contributed by atoms with Gasteiger partial charge in [-0.3, -0.25) is 29.0 Å². The first-order valence-corrected chi connectivity index (χ1v) is 9.96. The number of nitrogens with zero attached hydrogens (tertiary/aromatic N) is 2. The van der Waals surface area contributed by atoms with Crippen LogP contribution in [-0.2, 0) is 14.3 Å². The number of likely N-dealkylation sites (N-methyl/N-ethyl adjacent to an activating group) is 1. The van der Waals surface area contributed by atoms with E-state index in [0.29, 0.717) is 17.7 Å². The van der Waals surface area contributed by atoms with Crippen LogP contribution in [0.3, 0.4) is 0 Å². The highest BCUT2D eigenvalue weighted by molar-refractivity contribution is 6.33. The molecule has 1 spiro atoms. The van der Waals surface area contributed by atoms with Crippen LogP contribution in [0, 0.1) is 23.7 Å². The van der Waals surface area contributed by atoms with Crippen molar-refractivity contribution in [3.8, 4) is 0 Å². The molecule has 1 aromatic carbocycles. The molecule has 6 atom stereocenters. The van der Waals surface area contributed by atoms with Crippen molar-refractivity contribution < 1.29 is 29.0 Å². The van der Waals surface area contributed by atoms with Gasteiger partial charge >= 0.3 is 0 Å². The molecule has 1 aromatic rings. The molecule has 150 valence electrons. The van der Waals surface area contributed by atoms with Crippen molar-refractivity contribution in [1.29, 1.82) is 0 Å². The number of aliphatic hydroxyl groups excluding tert-OH is 1. The van der Waals surface area contributed by atoms with E-state index >= 15 is 0 Å². The summed E-state index contributed by atoms with van der Waals surface area (Å²) in [6.45, 7) is 0.134. The van der Waals surface area contributed by atoms with Crippen molar-refractivity contribution in [2.45, 2.75) is 17.7 Å². The van der Waals surface area contributed by atoms with Gasteiger partial charge in [-0.2, -0.15) is 0 Å². The molecular weight excluding hydrogens is 376 g/mol. The van der Waals surface area contributed by atoms with Gasteiger partial charge in [0.15, 0.2) is 17.1 Å². The lowest BCUT2D eigenvalue weighted by atomic mass is 9.63. The number of benzene rings is 1. The van der Waals surface area contributed by atoms with Gasteiger partial charge in [0.05, 0.1) is 37.2 Å². The number of amides is 2. The third-order valence-corrected chi connectivity index (χ3v) is 7.75. The van der Waals surface area contributed by atoms with Crippen LogP contribution in [0.5, 0.6) is 0 Å². The van der Waals surface area contributed by atoms with Crippen LogP contribution < -0.4 is 0 Å². The highest BCUT2D eigenvalue weighted by Gasteiger charge is 2.78. The average Bonchev–Trinajstić information content (AvgIpc) is 3.45. The van der Waals surface area contributed by atoms with E-state index in [1.165, 1.54) is 0 Å². The average molecular weight is 396 g/mol. The Kier molecular flexibility index (Phi) is 3.24. The second kappa shape index (κ2) is 5.38. The highest BCUT2D eigenvalue weighted by Crippen LogP contribution is 2.62. The van der Waals surface area contributed by atoms with Gasteiger partial charge in [0.1, 0.15) is 0 Å². The van der Waals surface area contributed by atoms with Gasteiger partial charge in [-0.15, -0.1) is 0 Å². The van der Waals surface area contributed by atoms with Gasteiger partial charge in [0, 0.05) is 29.5 Å². The molecule has 4 saturated heterocycles. The maximum atomic E-state index is 13.6. The van der Waals surface area contributed by atoms with E-state index in [-0.39, 0.29) is 42.5 Å². The van der Waals surface area contributed by atoms with Crippen LogP contribution in [0.1, 0.15) is 20.7 Å². The number of carbonyl (C=O) groups is 4. The number of Topliss-reactive ketones (excluding diaryl/α,β-unsaturated/α-hetero) is 2. The van der Waals surface area contributed by atoms with Gasteiger partial charge in [0.25, 0.3) is 0 Å². The Balaban J connectivity index is 1.46. The van der Waals surface area contributed by atoms with Gasteiger partial charge in [0.2, 0.25) is 11.8 Å². The lowest BCUT2D eigenvalue weighted by molar-refractivity contribution is -0.143. The number of aliphatic hydroxyl groups is 1. The standard InChI is InChI=1S/C21H20N2O6/c1-22-8-11-14(21(22)17(25)9-4-2-3-5-10(9)18(21)26)16-13-12(15(11)29-16)19(27)23(6-7-24)20(13)28/h2-5,11-16,24H,6-8H2,1H3/t11?,12?,13?,14?,15-,16+/m0/s1. The Morgan fingerprint density at radius 3 is 2.21 bits per heavy atom. The van der Waals surface area contributed by atoms with Gasteiger partial charge in [-0.05, 0) is 7.05 Å². The number of hydrogen-bond donors (Lipinski definition) is 1. The number of imide groups is 1. The summed E-state index contributed by atoms with van der Waals surface area (Å²) < 4.78 is 6.14. The van der Waals surface area contributed by atoms with E-state index in [1.54, 1.807) is 31.3 Å². The largest absolute Gasteiger partial charge is 0.395 e. The van der Waals surface area contributed by atoms with E-state index in [2.05, 4.69) is 0 Å². The lowest BCUT2D eigenvalue weighted by Gasteiger charge is -2.37. The summed E-state index contributed by atoms with van der Waals surface area (Å²) >= 11 is 0. The molecule has 0 radical (unpaired) electrons. The zero-order valence-corrected chi connectivity index (χ0v) is 15.8. The summed E-state index contributed by atoms with van der Waals surface area (Å²) in [5, 5.41) is 9.23. The van der Waals surface area contributed by atoms with Crippen molar-refractivity contribution >= 4 is 23.4 Å². The number of ether oxygens (including phenoxy) is 1. The van der Waals surface area contributed by atoms with Gasteiger partial charge < -0.3 is 9.84 Å². The summed E-state index contributed by atoms with van der Waals surface area (Å²) in [5.41, 5.74) is -0.535. The van der Waals surface area contributed by atoms with Crippen LogP contribution in [-0.4, -0.2) is 82.8 Å². The minimum Gasteiger partial charge on any atom is -0.395 e. The summed E-state index contributed by atoms with van der Waals surface area (Å²) in [7, 11) is 1.77. The molecule has 0 aromatic heterocycles. The molecule has 8 heteroatoms. The molecule has 4 aliphatic heterocycles. The number of carbonyl (C=O) groups excluding carboxylic acids is 4. The Morgan fingerprint density at radius 2 is 1.62 bits per heavy atom. The maximum Gasteiger partial charge on any atom is 0.235 e. The predicted molar refractivity (Wildman–Crippen MR) is 96.9 cm³/mol. The molecule has 29 heavy (non-hydrogen) atoms. The molecule has 2 amide bonds. The predicted octanol–water partition coefficient (Wildman–Crippen LogP) is -0.643. The lowest BCUT2D eigenvalue weighted by Crippen LogP contribution is -2.59. The molecule has 4 unspecified atom stereocenters. The van der Waals surface area contributed by atoms with E-state index < -0.39 is 35.5 Å². The number of likely N-dealkylation sites (tertiary alicyclic amines) is 2. The Morgan fingerprint density at radius 1 is 1.03 bits per heavy atom. The minimum atomic E-state index is -1.37. The van der Waals surface area contributed by atoms with Crippen molar-refractivity contribution in [1.82, 2.24) is 9.80 Å². The van der Waals surface area contributed by atoms with E-state index in [1.807, 2.05) is 4.90 Å². The summed E-state index contributed by atoms with van der Waals surface area (Å²) in [5.74, 6) is -3.03. The molecule has 1 aliphatic carbocycles. The van der Waals surface area contributed by atoms with E-state index in [4.69, 9.17) is 4.74 Å². The fourth-order valence-corrected chi connectivity index (χ4v) is 6.78. The van der Waals surface area contributed by atoms with Gasteiger partial charge in [-0.25, -0.2) is 0 Å². The monoisotopic (exact) mass is 396 g/mol. The summed E-state index contributed by atoms with van der Waals surface area (Å²) in [6, 6.07) is 6.84. The summed E-state index contributed by atoms with van der Waals surface area (Å²) in [6.07, 6.45) is -1.14. The normalized spacial score (nSPS) is 39.0. The third-order valence-electron chi connectivity index (χ3n) is 7.75. The first kappa shape index (κ1) is 17.4. The molecular formula is C21H20N2O6. The van der Waals surface area contributed by atoms with Gasteiger partial charge in [-0.1, -0.05) is 24.3 Å². The van der Waals surface area contributed by atoms with Crippen LogP contribution in [0.4, 0.5) is 0 Å². The number of hydrogen-bond acceptors (Lipinski definition) is 7. The van der Waals surface area contributed by atoms with Crippen LogP contribution in [0.2, 0.25) is 0 Å². The fraction of sp³-hybridized carbons (Fsp3) is 0.524. The molecule has 0 saturated carbocycles. The molecule has 5 aliphatic rings. The molecule has 8 nitrogen and oxygen atoms in total. The van der Waals surface area contributed by atoms with Crippen molar-refractivity contribution in [2.24, 2.45) is 23.7 Å². The van der Waals surface area contributed by atoms with E-state index in [9.17, 15) is 24.3 Å². The first-order valence-electron chi connectivity index (χ1n) is 9.96. The zero-order valence-electron chi connectivity index (χ0n) is 15.8. The highest BCUT2D eigenvalue weighted by atomic mass is 16.5. The zero-order chi connectivity index (χ0) is 20.2. The number of ketones is 2. The molecule has 1 N–H and O–H groups in total. The number of rotatable bonds is 2. The quantitative estimate of drug-likeness (QED) is 0.524. The molecule has 4 heterocycles. The Labute approximate surface area is 166 Å². The number of β-amino-alcohol motifs (C(OH)–C–C–N with tert-alkyl or cyclic N) is 1. The fourth-order valence-electron chi connectivity index (χ4n) is 6.78. The SMILES string of the molecule is CN1CC2C([C@@H]3O[C@@H]2C2C(=O)N(CCO)C(=O)C23)C12C(=O)c1ccccc1C2=O. The van der Waals surface area contributed by atoms with Crippen LogP contribution in [0.15, 0.2) is 24.3 Å². The molecule has 4 fully saturated rings. The second-order valence-corrected chi connectivity index (χ2v) is 8.71. The smallest absolute Gasteiger partial charge is 0.235 e. The number of fused-ring (bicyclic) bond motifs is 10. The maximum absolute atomic E-state index is 13.6. The molecule has 2 bridgehead atoms. The Hall–Kier alpha value is -2.42. The third kappa shape index (κ3) is 1.70. The van der Waals surface area contributed by atoms with Crippen molar-refractivity contribution in [2.75, 3.05) is 26.7 Å². The first-order chi connectivity index (χ1) is 13.9.